The van der Waals surface area contributed by atoms with Gasteiger partial charge in [0, 0.05) is 11.3 Å². The lowest BCUT2D eigenvalue weighted by atomic mass is 9.97. The van der Waals surface area contributed by atoms with Crippen molar-refractivity contribution in [3.8, 4) is 5.75 Å². The standard InChI is InChI=1S/C24H21N3O/c1-16-8-3-4-11-19(16)23-15-21(17-9-7-10-18(14-17)28-2)26-24-25-20-12-5-6-13-22(20)27(23)24/h3-15,23H,1-2H3,(H,25,26). The summed E-state index contributed by atoms with van der Waals surface area (Å²) >= 11 is 0. The minimum absolute atomic E-state index is 0.0612. The number of methoxy groups -OCH3 is 1. The van der Waals surface area contributed by atoms with E-state index in [4.69, 9.17) is 9.72 Å². The smallest absolute Gasteiger partial charge is 0.209 e. The third-order valence-corrected chi connectivity index (χ3v) is 5.33. The maximum absolute atomic E-state index is 5.42. The van der Waals surface area contributed by atoms with Gasteiger partial charge < -0.3 is 10.1 Å². The van der Waals surface area contributed by atoms with Gasteiger partial charge in [-0.25, -0.2) is 4.98 Å². The molecule has 1 atom stereocenters. The number of nitrogens with zero attached hydrogens (tertiary/aromatic N) is 2. The predicted molar refractivity (Wildman–Crippen MR) is 114 cm³/mol. The highest BCUT2D eigenvalue weighted by atomic mass is 16.5. The van der Waals surface area contributed by atoms with Crippen LogP contribution >= 0.6 is 0 Å². The molecule has 1 aliphatic rings. The van der Waals surface area contributed by atoms with Gasteiger partial charge in [0.25, 0.3) is 0 Å². The number of rotatable bonds is 3. The zero-order chi connectivity index (χ0) is 19.1. The summed E-state index contributed by atoms with van der Waals surface area (Å²) in [5, 5.41) is 3.53. The Bertz CT molecular complexity index is 1210. The molecule has 0 spiro atoms. The average Bonchev–Trinajstić information content (AvgIpc) is 3.12. The van der Waals surface area contributed by atoms with Gasteiger partial charge >= 0.3 is 0 Å². The van der Waals surface area contributed by atoms with Crippen molar-refractivity contribution in [3.63, 3.8) is 0 Å². The fraction of sp³-hybridized carbons (Fsp3) is 0.125. The average molecular weight is 367 g/mol. The van der Waals surface area contributed by atoms with Gasteiger partial charge in [-0.05, 0) is 48.4 Å². The first kappa shape index (κ1) is 16.6. The maximum Gasteiger partial charge on any atom is 0.209 e. The van der Waals surface area contributed by atoms with E-state index in [0.29, 0.717) is 0 Å². The molecule has 2 heterocycles. The Balaban J connectivity index is 1.73. The number of imidazole rings is 1. The van der Waals surface area contributed by atoms with Gasteiger partial charge in [-0.2, -0.15) is 0 Å². The third kappa shape index (κ3) is 2.65. The molecule has 3 aromatic carbocycles. The Morgan fingerprint density at radius 2 is 1.79 bits per heavy atom. The number of allylic oxidation sites excluding steroid dienone is 1. The number of fused-ring (bicyclic) bond motifs is 3. The highest BCUT2D eigenvalue weighted by Crippen LogP contribution is 2.38. The van der Waals surface area contributed by atoms with E-state index in [9.17, 15) is 0 Å². The zero-order valence-electron chi connectivity index (χ0n) is 15.9. The van der Waals surface area contributed by atoms with E-state index in [2.05, 4.69) is 71.4 Å². The largest absolute Gasteiger partial charge is 0.497 e. The molecule has 4 aromatic rings. The number of nitrogens with one attached hydrogen (secondary N) is 1. The molecule has 0 amide bonds. The molecule has 1 aromatic heterocycles. The molecule has 0 bridgehead atoms. The van der Waals surface area contributed by atoms with Crippen molar-refractivity contribution in [2.45, 2.75) is 13.0 Å². The van der Waals surface area contributed by atoms with Gasteiger partial charge in [0.15, 0.2) is 0 Å². The van der Waals surface area contributed by atoms with E-state index >= 15 is 0 Å². The summed E-state index contributed by atoms with van der Waals surface area (Å²) < 4.78 is 7.70. The Labute approximate surface area is 164 Å². The van der Waals surface area contributed by atoms with Crippen molar-refractivity contribution in [2.24, 2.45) is 0 Å². The van der Waals surface area contributed by atoms with Gasteiger partial charge in [-0.3, -0.25) is 4.57 Å². The molecule has 138 valence electrons. The zero-order valence-corrected chi connectivity index (χ0v) is 15.9. The van der Waals surface area contributed by atoms with Crippen molar-refractivity contribution in [3.05, 3.63) is 95.6 Å². The molecule has 1 N–H and O–H groups in total. The molecule has 0 saturated heterocycles. The number of hydrogen-bond acceptors (Lipinski definition) is 3. The first-order valence-electron chi connectivity index (χ1n) is 9.40. The van der Waals surface area contributed by atoms with Crippen molar-refractivity contribution in [1.29, 1.82) is 0 Å². The van der Waals surface area contributed by atoms with Crippen LogP contribution < -0.4 is 10.1 Å². The number of aryl methyl sites for hydroxylation is 1. The van der Waals surface area contributed by atoms with E-state index in [-0.39, 0.29) is 6.04 Å². The number of ether oxygens (including phenoxy) is 1. The van der Waals surface area contributed by atoms with Crippen LogP contribution in [0.2, 0.25) is 0 Å². The number of hydrogen-bond donors (Lipinski definition) is 1. The van der Waals surface area contributed by atoms with Crippen molar-refractivity contribution in [2.75, 3.05) is 12.4 Å². The Kier molecular flexibility index (Phi) is 3.90. The molecule has 5 rings (SSSR count). The number of anilines is 1. The van der Waals surface area contributed by atoms with Gasteiger partial charge in [-0.15, -0.1) is 0 Å². The predicted octanol–water partition coefficient (Wildman–Crippen LogP) is 5.41. The molecule has 0 fully saturated rings. The maximum atomic E-state index is 5.42. The quantitative estimate of drug-likeness (QED) is 0.526. The monoisotopic (exact) mass is 367 g/mol. The lowest BCUT2D eigenvalue weighted by Gasteiger charge is -2.27. The fourth-order valence-corrected chi connectivity index (χ4v) is 3.92. The minimum atomic E-state index is 0.0612. The molecule has 1 unspecified atom stereocenters. The number of para-hydroxylation sites is 2. The van der Waals surface area contributed by atoms with Crippen LogP contribution in [0.15, 0.2) is 78.9 Å². The molecule has 0 saturated carbocycles. The van der Waals surface area contributed by atoms with Crippen molar-refractivity contribution >= 4 is 22.7 Å². The number of benzene rings is 3. The molecule has 28 heavy (non-hydrogen) atoms. The van der Waals surface area contributed by atoms with Crippen molar-refractivity contribution in [1.82, 2.24) is 9.55 Å². The minimum Gasteiger partial charge on any atom is -0.497 e. The summed E-state index contributed by atoms with van der Waals surface area (Å²) in [5.41, 5.74) is 6.77. The van der Waals surface area contributed by atoms with Gasteiger partial charge in [0.1, 0.15) is 5.75 Å². The van der Waals surface area contributed by atoms with E-state index < -0.39 is 0 Å². The lowest BCUT2D eigenvalue weighted by molar-refractivity contribution is 0.414. The second-order valence-electron chi connectivity index (χ2n) is 7.03. The summed E-state index contributed by atoms with van der Waals surface area (Å²) in [7, 11) is 1.69. The highest BCUT2D eigenvalue weighted by Gasteiger charge is 2.26. The Morgan fingerprint density at radius 1 is 0.964 bits per heavy atom. The van der Waals surface area contributed by atoms with Crippen LogP contribution in [0.3, 0.4) is 0 Å². The molecule has 0 radical (unpaired) electrons. The third-order valence-electron chi connectivity index (χ3n) is 5.33. The first-order chi connectivity index (χ1) is 13.7. The van der Waals surface area contributed by atoms with E-state index in [1.54, 1.807) is 7.11 Å². The highest BCUT2D eigenvalue weighted by molar-refractivity contribution is 5.85. The lowest BCUT2D eigenvalue weighted by Crippen LogP contribution is -2.19. The number of aromatic nitrogens is 2. The molecule has 0 aliphatic carbocycles. The fourth-order valence-electron chi connectivity index (χ4n) is 3.92. The summed E-state index contributed by atoms with van der Waals surface area (Å²) in [4.78, 5) is 4.86. The second-order valence-corrected chi connectivity index (χ2v) is 7.03. The van der Waals surface area contributed by atoms with Crippen LogP contribution in [-0.2, 0) is 0 Å². The van der Waals surface area contributed by atoms with Crippen LogP contribution in [0.25, 0.3) is 16.7 Å². The summed E-state index contributed by atoms with van der Waals surface area (Å²) in [6, 6.07) is 25.0. The van der Waals surface area contributed by atoms with E-state index in [1.165, 1.54) is 11.1 Å². The van der Waals surface area contributed by atoms with E-state index in [1.807, 2.05) is 24.3 Å². The second kappa shape index (κ2) is 6.57. The summed E-state index contributed by atoms with van der Waals surface area (Å²) in [6.07, 6.45) is 2.28. The normalized spacial score (nSPS) is 15.6. The van der Waals surface area contributed by atoms with Gasteiger partial charge in [0.2, 0.25) is 5.95 Å². The van der Waals surface area contributed by atoms with Crippen molar-refractivity contribution < 1.29 is 4.74 Å². The van der Waals surface area contributed by atoms with Gasteiger partial charge in [0.05, 0.1) is 24.2 Å². The van der Waals surface area contributed by atoms with Gasteiger partial charge in [-0.1, -0.05) is 48.5 Å². The van der Waals surface area contributed by atoms with Crippen LogP contribution in [0.4, 0.5) is 5.95 Å². The molecular weight excluding hydrogens is 346 g/mol. The van der Waals surface area contributed by atoms with Crippen LogP contribution in [-0.4, -0.2) is 16.7 Å². The summed E-state index contributed by atoms with van der Waals surface area (Å²) in [6.45, 7) is 2.16. The Morgan fingerprint density at radius 3 is 2.64 bits per heavy atom. The van der Waals surface area contributed by atoms with E-state index in [0.717, 1.165) is 34.0 Å². The van der Waals surface area contributed by atoms with Crippen LogP contribution in [0, 0.1) is 6.92 Å². The molecular formula is C24H21N3O. The van der Waals surface area contributed by atoms with Crippen LogP contribution in [0.1, 0.15) is 22.7 Å². The topological polar surface area (TPSA) is 39.1 Å². The van der Waals surface area contributed by atoms with Crippen LogP contribution in [0.5, 0.6) is 5.75 Å². The molecule has 4 nitrogen and oxygen atoms in total. The Hall–Kier alpha value is -3.53. The molecule has 1 aliphatic heterocycles. The molecule has 4 heteroatoms. The SMILES string of the molecule is COc1cccc(C2=CC(c3ccccc3C)n3c(nc4ccccc43)N2)c1. The summed E-state index contributed by atoms with van der Waals surface area (Å²) in [5.74, 6) is 1.70. The first-order valence-corrected chi connectivity index (χ1v) is 9.40.